The van der Waals surface area contributed by atoms with Gasteiger partial charge in [-0.3, -0.25) is 0 Å². The Bertz CT molecular complexity index is 657. The number of aliphatic hydroxyl groups excluding tert-OH is 1. The largest absolute Gasteiger partial charge is 0.379 e. The molecule has 0 saturated carbocycles. The molecule has 22 heavy (non-hydrogen) atoms. The van der Waals surface area contributed by atoms with E-state index in [1.165, 1.54) is 11.1 Å². The first kappa shape index (κ1) is 17.3. The van der Waals surface area contributed by atoms with Gasteiger partial charge in [0.25, 0.3) is 0 Å². The van der Waals surface area contributed by atoms with Crippen molar-refractivity contribution in [2.45, 2.75) is 38.3 Å². The second kappa shape index (κ2) is 7.01. The summed E-state index contributed by atoms with van der Waals surface area (Å²) in [5.41, 5.74) is 8.83. The summed E-state index contributed by atoms with van der Waals surface area (Å²) >= 11 is 12.2. The van der Waals surface area contributed by atoms with Crippen molar-refractivity contribution in [2.24, 2.45) is 5.73 Å². The van der Waals surface area contributed by atoms with E-state index in [1.807, 2.05) is 24.3 Å². The van der Waals surface area contributed by atoms with Crippen LogP contribution in [0.1, 0.15) is 30.0 Å². The van der Waals surface area contributed by atoms with Gasteiger partial charge in [0.05, 0.1) is 10.0 Å². The number of halogens is 2. The van der Waals surface area contributed by atoms with Gasteiger partial charge in [0, 0.05) is 5.41 Å². The Morgan fingerprint density at radius 1 is 1.14 bits per heavy atom. The second-order valence-electron chi connectivity index (χ2n) is 6.06. The van der Waals surface area contributed by atoms with Crippen LogP contribution in [0.15, 0.2) is 42.5 Å². The van der Waals surface area contributed by atoms with Crippen molar-refractivity contribution in [3.8, 4) is 0 Å². The Morgan fingerprint density at radius 2 is 1.82 bits per heavy atom. The predicted molar refractivity (Wildman–Crippen MR) is 93.5 cm³/mol. The standard InChI is InChI=1S/C18H21Cl2NO/c1-12-5-3-4-6-13(12)10-18(2,11-17(21)22)14-7-8-15(19)16(20)9-14/h3-9,17,22H,10-11,21H2,1-2H3/t17-,18?/m1/s1. The predicted octanol–water partition coefficient (Wildman–Crippen LogP) is 4.47. The van der Waals surface area contributed by atoms with E-state index >= 15 is 0 Å². The zero-order chi connectivity index (χ0) is 16.3. The lowest BCUT2D eigenvalue weighted by Crippen LogP contribution is -2.34. The molecule has 4 heteroatoms. The molecule has 2 nitrogen and oxygen atoms in total. The van der Waals surface area contributed by atoms with Gasteiger partial charge in [-0.05, 0) is 48.6 Å². The second-order valence-corrected chi connectivity index (χ2v) is 6.88. The minimum atomic E-state index is -0.886. The van der Waals surface area contributed by atoms with Gasteiger partial charge in [0.1, 0.15) is 6.23 Å². The molecule has 0 aliphatic carbocycles. The van der Waals surface area contributed by atoms with E-state index in [4.69, 9.17) is 28.9 Å². The highest BCUT2D eigenvalue weighted by Crippen LogP contribution is 2.36. The molecule has 0 radical (unpaired) electrons. The van der Waals surface area contributed by atoms with Crippen molar-refractivity contribution in [1.29, 1.82) is 0 Å². The Hall–Kier alpha value is -1.06. The molecular weight excluding hydrogens is 317 g/mol. The van der Waals surface area contributed by atoms with E-state index in [-0.39, 0.29) is 5.41 Å². The first-order valence-electron chi connectivity index (χ1n) is 7.25. The number of benzene rings is 2. The molecule has 1 unspecified atom stereocenters. The summed E-state index contributed by atoms with van der Waals surface area (Å²) in [5.74, 6) is 0. The van der Waals surface area contributed by atoms with Crippen molar-refractivity contribution in [2.75, 3.05) is 0 Å². The minimum absolute atomic E-state index is 0.325. The molecule has 0 saturated heterocycles. The third-order valence-electron chi connectivity index (χ3n) is 4.12. The Morgan fingerprint density at radius 3 is 2.41 bits per heavy atom. The lowest BCUT2D eigenvalue weighted by Gasteiger charge is -2.32. The Balaban J connectivity index is 2.43. The van der Waals surface area contributed by atoms with Gasteiger partial charge in [0.2, 0.25) is 0 Å². The summed E-state index contributed by atoms with van der Waals surface area (Å²) in [4.78, 5) is 0. The number of hydrogen-bond donors (Lipinski definition) is 2. The van der Waals surface area contributed by atoms with Crippen LogP contribution in [0.25, 0.3) is 0 Å². The molecule has 0 fully saturated rings. The van der Waals surface area contributed by atoms with E-state index in [1.54, 1.807) is 6.07 Å². The fourth-order valence-electron chi connectivity index (χ4n) is 2.85. The molecular formula is C18H21Cl2NO. The zero-order valence-corrected chi connectivity index (χ0v) is 14.3. The molecule has 0 aliphatic rings. The van der Waals surface area contributed by atoms with Crippen molar-refractivity contribution in [1.82, 2.24) is 0 Å². The van der Waals surface area contributed by atoms with Crippen molar-refractivity contribution in [3.05, 3.63) is 69.2 Å². The minimum Gasteiger partial charge on any atom is -0.379 e. The van der Waals surface area contributed by atoms with E-state index in [0.717, 1.165) is 12.0 Å². The summed E-state index contributed by atoms with van der Waals surface area (Å²) in [5, 5.41) is 10.8. The molecule has 0 aromatic heterocycles. The average molecular weight is 338 g/mol. The fraction of sp³-hybridized carbons (Fsp3) is 0.333. The van der Waals surface area contributed by atoms with Crippen LogP contribution in [-0.4, -0.2) is 11.3 Å². The van der Waals surface area contributed by atoms with Gasteiger partial charge in [-0.2, -0.15) is 0 Å². The van der Waals surface area contributed by atoms with Gasteiger partial charge in [-0.1, -0.05) is 60.5 Å². The lowest BCUT2D eigenvalue weighted by molar-refractivity contribution is 0.140. The van der Waals surface area contributed by atoms with Crippen LogP contribution in [0.2, 0.25) is 10.0 Å². The maximum Gasteiger partial charge on any atom is 0.103 e. The van der Waals surface area contributed by atoms with Crippen LogP contribution in [0.4, 0.5) is 0 Å². The normalized spacial score (nSPS) is 15.4. The number of hydrogen-bond acceptors (Lipinski definition) is 2. The van der Waals surface area contributed by atoms with Gasteiger partial charge in [-0.15, -0.1) is 0 Å². The highest BCUT2D eigenvalue weighted by atomic mass is 35.5. The maximum atomic E-state index is 9.74. The van der Waals surface area contributed by atoms with Crippen LogP contribution in [0.3, 0.4) is 0 Å². The Labute approximate surface area is 141 Å². The topological polar surface area (TPSA) is 46.2 Å². The van der Waals surface area contributed by atoms with Gasteiger partial charge in [0.15, 0.2) is 0 Å². The molecule has 2 atom stereocenters. The first-order valence-corrected chi connectivity index (χ1v) is 8.01. The van der Waals surface area contributed by atoms with Gasteiger partial charge >= 0.3 is 0 Å². The number of rotatable bonds is 5. The summed E-state index contributed by atoms with van der Waals surface area (Å²) in [7, 11) is 0. The van der Waals surface area contributed by atoms with E-state index < -0.39 is 6.23 Å². The molecule has 3 N–H and O–H groups in total. The van der Waals surface area contributed by atoms with Crippen LogP contribution in [0, 0.1) is 6.92 Å². The molecule has 118 valence electrons. The van der Waals surface area contributed by atoms with Crippen molar-refractivity contribution < 1.29 is 5.11 Å². The summed E-state index contributed by atoms with van der Waals surface area (Å²) in [6, 6.07) is 13.8. The third kappa shape index (κ3) is 4.02. The molecule has 2 rings (SSSR count). The van der Waals surface area contributed by atoms with Crippen LogP contribution < -0.4 is 5.73 Å². The van der Waals surface area contributed by atoms with Gasteiger partial charge < -0.3 is 10.8 Å². The highest BCUT2D eigenvalue weighted by Gasteiger charge is 2.30. The first-order chi connectivity index (χ1) is 10.3. The molecule has 0 aliphatic heterocycles. The Kier molecular flexibility index (Phi) is 5.51. The van der Waals surface area contributed by atoms with Crippen LogP contribution in [-0.2, 0) is 11.8 Å². The molecule has 0 spiro atoms. The van der Waals surface area contributed by atoms with E-state index in [0.29, 0.717) is 16.5 Å². The summed E-state index contributed by atoms with van der Waals surface area (Å²) < 4.78 is 0. The number of aliphatic hydroxyl groups is 1. The highest BCUT2D eigenvalue weighted by molar-refractivity contribution is 6.42. The smallest absolute Gasteiger partial charge is 0.103 e. The summed E-state index contributed by atoms with van der Waals surface area (Å²) in [6.45, 7) is 4.18. The van der Waals surface area contributed by atoms with E-state index in [2.05, 4.69) is 26.0 Å². The zero-order valence-electron chi connectivity index (χ0n) is 12.8. The molecule has 0 heterocycles. The van der Waals surface area contributed by atoms with Crippen LogP contribution >= 0.6 is 23.2 Å². The van der Waals surface area contributed by atoms with E-state index in [9.17, 15) is 5.11 Å². The average Bonchev–Trinajstić information content (AvgIpc) is 2.43. The third-order valence-corrected chi connectivity index (χ3v) is 4.86. The monoisotopic (exact) mass is 337 g/mol. The van der Waals surface area contributed by atoms with Gasteiger partial charge in [-0.25, -0.2) is 0 Å². The summed E-state index contributed by atoms with van der Waals surface area (Å²) in [6.07, 6.45) is 0.328. The molecule has 0 amide bonds. The SMILES string of the molecule is Cc1ccccc1CC(C)(C[C@H](N)O)c1ccc(Cl)c(Cl)c1. The number of aryl methyl sites for hydroxylation is 1. The fourth-order valence-corrected chi connectivity index (χ4v) is 3.15. The lowest BCUT2D eigenvalue weighted by atomic mass is 9.74. The maximum absolute atomic E-state index is 9.74. The molecule has 2 aromatic rings. The number of nitrogens with two attached hydrogens (primary N) is 1. The van der Waals surface area contributed by atoms with Crippen molar-refractivity contribution in [3.63, 3.8) is 0 Å². The van der Waals surface area contributed by atoms with Crippen molar-refractivity contribution >= 4 is 23.2 Å². The quantitative estimate of drug-likeness (QED) is 0.790. The van der Waals surface area contributed by atoms with Crippen LogP contribution in [0.5, 0.6) is 0 Å². The molecule has 2 aromatic carbocycles. The molecule has 0 bridgehead atoms.